The number of methoxy groups -OCH3 is 1. The van der Waals surface area contributed by atoms with Crippen molar-refractivity contribution in [3.63, 3.8) is 0 Å². The summed E-state index contributed by atoms with van der Waals surface area (Å²) in [5.41, 5.74) is 2.27. The number of carbonyl (C=O) groups is 2. The van der Waals surface area contributed by atoms with Crippen molar-refractivity contribution >= 4 is 23.1 Å². The third-order valence-electron chi connectivity index (χ3n) is 5.94. The van der Waals surface area contributed by atoms with Gasteiger partial charge in [0.2, 0.25) is 0 Å². The summed E-state index contributed by atoms with van der Waals surface area (Å²) in [6, 6.07) is 16.5. The summed E-state index contributed by atoms with van der Waals surface area (Å²) in [5.74, 6) is -0.992. The molecule has 1 saturated heterocycles. The van der Waals surface area contributed by atoms with Crippen LogP contribution in [-0.2, 0) is 16.0 Å². The van der Waals surface area contributed by atoms with Crippen molar-refractivity contribution in [2.45, 2.75) is 12.5 Å². The first kappa shape index (κ1) is 20.8. The fraction of sp³-hybridized carbons (Fsp3) is 0.154. The average Bonchev–Trinajstić information content (AvgIpc) is 3.41. The van der Waals surface area contributed by atoms with Crippen molar-refractivity contribution in [3.8, 4) is 11.5 Å². The van der Waals surface area contributed by atoms with Crippen LogP contribution in [0, 0.1) is 5.82 Å². The first-order chi connectivity index (χ1) is 16.0. The molecule has 1 unspecified atom stereocenters. The molecule has 0 aromatic heterocycles. The van der Waals surface area contributed by atoms with E-state index in [4.69, 9.17) is 9.47 Å². The van der Waals surface area contributed by atoms with Gasteiger partial charge in [-0.05, 0) is 65.7 Å². The lowest BCUT2D eigenvalue weighted by molar-refractivity contribution is -0.132. The number of fused-ring (bicyclic) bond motifs is 1. The van der Waals surface area contributed by atoms with E-state index in [1.54, 1.807) is 42.5 Å². The molecular weight excluding hydrogens is 425 g/mol. The number of aliphatic hydroxyl groups excluding tert-OH is 1. The number of carbonyl (C=O) groups excluding carboxylic acids is 2. The van der Waals surface area contributed by atoms with Gasteiger partial charge >= 0.3 is 0 Å². The van der Waals surface area contributed by atoms with E-state index in [1.165, 1.54) is 36.3 Å². The number of ether oxygens (including phenoxy) is 2. The molecule has 3 aromatic carbocycles. The van der Waals surface area contributed by atoms with E-state index in [0.717, 1.165) is 11.3 Å². The summed E-state index contributed by atoms with van der Waals surface area (Å²) < 4.78 is 24.3. The second-order valence-electron chi connectivity index (χ2n) is 7.84. The molecule has 0 radical (unpaired) electrons. The van der Waals surface area contributed by atoms with E-state index in [0.29, 0.717) is 35.6 Å². The smallest absolute Gasteiger partial charge is 0.300 e. The van der Waals surface area contributed by atoms with Gasteiger partial charge in [0.15, 0.2) is 0 Å². The van der Waals surface area contributed by atoms with Gasteiger partial charge in [0.05, 0.1) is 25.3 Å². The van der Waals surface area contributed by atoms with Gasteiger partial charge in [-0.3, -0.25) is 14.5 Å². The Balaban J connectivity index is 1.69. The molecule has 166 valence electrons. The Morgan fingerprint density at radius 1 is 1.06 bits per heavy atom. The molecule has 33 heavy (non-hydrogen) atoms. The monoisotopic (exact) mass is 445 g/mol. The van der Waals surface area contributed by atoms with Crippen LogP contribution in [0.25, 0.3) is 5.76 Å². The number of Topliss-reactive ketones (excluding diaryl/α,β-unsaturated/α-hetero) is 1. The van der Waals surface area contributed by atoms with E-state index < -0.39 is 23.5 Å². The molecule has 1 N–H and O–H groups in total. The number of aliphatic hydroxyl groups is 1. The number of amides is 1. The van der Waals surface area contributed by atoms with E-state index >= 15 is 0 Å². The quantitative estimate of drug-likeness (QED) is 0.366. The van der Waals surface area contributed by atoms with Crippen LogP contribution in [0.15, 0.2) is 72.3 Å². The average molecular weight is 445 g/mol. The van der Waals surface area contributed by atoms with Crippen LogP contribution in [-0.4, -0.2) is 30.5 Å². The highest BCUT2D eigenvalue weighted by molar-refractivity contribution is 6.51. The molecule has 5 rings (SSSR count). The van der Waals surface area contributed by atoms with Crippen LogP contribution in [0.2, 0.25) is 0 Å². The Kier molecular flexibility index (Phi) is 5.09. The zero-order valence-corrected chi connectivity index (χ0v) is 17.7. The van der Waals surface area contributed by atoms with Crippen molar-refractivity contribution in [3.05, 3.63) is 94.8 Å². The fourth-order valence-corrected chi connectivity index (χ4v) is 4.29. The van der Waals surface area contributed by atoms with Gasteiger partial charge in [-0.2, -0.15) is 0 Å². The first-order valence-electron chi connectivity index (χ1n) is 10.4. The SMILES string of the molecule is COc1ccc(C2/C(=C(/O)c3ccc4c(c3)CCO4)C(=O)C(=O)N2c2ccc(F)cc2)cc1. The molecular formula is C26H20FNO5. The molecule has 2 aliphatic rings. The maximum Gasteiger partial charge on any atom is 0.300 e. The second-order valence-corrected chi connectivity index (χ2v) is 7.84. The molecule has 0 saturated carbocycles. The lowest BCUT2D eigenvalue weighted by Crippen LogP contribution is -2.29. The molecule has 6 nitrogen and oxygen atoms in total. The molecule has 0 bridgehead atoms. The Hall–Kier alpha value is -4.13. The number of anilines is 1. The molecule has 0 spiro atoms. The summed E-state index contributed by atoms with van der Waals surface area (Å²) in [7, 11) is 1.54. The van der Waals surface area contributed by atoms with Gasteiger partial charge in [-0.25, -0.2) is 4.39 Å². The third-order valence-corrected chi connectivity index (χ3v) is 5.94. The van der Waals surface area contributed by atoms with Crippen LogP contribution in [0.3, 0.4) is 0 Å². The van der Waals surface area contributed by atoms with Crippen LogP contribution < -0.4 is 14.4 Å². The van der Waals surface area contributed by atoms with Gasteiger partial charge in [0.1, 0.15) is 23.1 Å². The number of ketones is 1. The van der Waals surface area contributed by atoms with Crippen molar-refractivity contribution < 1.29 is 28.6 Å². The number of halogens is 1. The van der Waals surface area contributed by atoms with Crippen molar-refractivity contribution in [2.75, 3.05) is 18.6 Å². The summed E-state index contributed by atoms with van der Waals surface area (Å²) in [4.78, 5) is 27.6. The Morgan fingerprint density at radius 2 is 1.79 bits per heavy atom. The Bertz CT molecular complexity index is 1280. The predicted octanol–water partition coefficient (Wildman–Crippen LogP) is 4.40. The van der Waals surface area contributed by atoms with Crippen molar-refractivity contribution in [1.29, 1.82) is 0 Å². The van der Waals surface area contributed by atoms with Crippen molar-refractivity contribution in [2.24, 2.45) is 0 Å². The summed E-state index contributed by atoms with van der Waals surface area (Å²) in [6.45, 7) is 0.556. The lowest BCUT2D eigenvalue weighted by atomic mass is 9.94. The van der Waals surface area contributed by atoms with Crippen LogP contribution in [0.4, 0.5) is 10.1 Å². The largest absolute Gasteiger partial charge is 0.507 e. The Labute approximate surface area is 189 Å². The van der Waals surface area contributed by atoms with Gasteiger partial charge in [-0.1, -0.05) is 12.1 Å². The third kappa shape index (κ3) is 3.51. The topological polar surface area (TPSA) is 76.1 Å². The first-order valence-corrected chi connectivity index (χ1v) is 10.4. The fourth-order valence-electron chi connectivity index (χ4n) is 4.29. The van der Waals surface area contributed by atoms with Crippen LogP contribution >= 0.6 is 0 Å². The minimum absolute atomic E-state index is 0.0339. The second kappa shape index (κ2) is 8.09. The maximum atomic E-state index is 13.5. The molecule has 0 aliphatic carbocycles. The van der Waals surface area contributed by atoms with Crippen LogP contribution in [0.1, 0.15) is 22.7 Å². The predicted molar refractivity (Wildman–Crippen MR) is 120 cm³/mol. The highest BCUT2D eigenvalue weighted by Crippen LogP contribution is 2.43. The van der Waals surface area contributed by atoms with E-state index in [2.05, 4.69) is 0 Å². The minimum Gasteiger partial charge on any atom is -0.507 e. The lowest BCUT2D eigenvalue weighted by Gasteiger charge is -2.25. The molecule has 2 aliphatic heterocycles. The molecule has 1 fully saturated rings. The summed E-state index contributed by atoms with van der Waals surface area (Å²) >= 11 is 0. The van der Waals surface area contributed by atoms with Crippen LogP contribution in [0.5, 0.6) is 11.5 Å². The number of nitrogens with zero attached hydrogens (tertiary/aromatic N) is 1. The van der Waals surface area contributed by atoms with Gasteiger partial charge in [0.25, 0.3) is 11.7 Å². The Morgan fingerprint density at radius 3 is 2.48 bits per heavy atom. The minimum atomic E-state index is -0.897. The molecule has 1 amide bonds. The zero-order valence-electron chi connectivity index (χ0n) is 17.7. The molecule has 1 atom stereocenters. The molecule has 7 heteroatoms. The molecule has 3 aromatic rings. The van der Waals surface area contributed by atoms with E-state index in [1.807, 2.05) is 0 Å². The number of benzene rings is 3. The summed E-state index contributed by atoms with van der Waals surface area (Å²) in [5, 5.41) is 11.2. The van der Waals surface area contributed by atoms with Gasteiger partial charge in [0, 0.05) is 17.7 Å². The standard InChI is InChI=1S/C26H20FNO5/c1-32-20-9-2-15(3-10-20)23-22(24(29)17-4-11-21-16(14-17)12-13-33-21)25(30)26(31)28(23)19-7-5-18(27)6-8-19/h2-11,14,23,29H,12-13H2,1H3/b24-22-. The summed E-state index contributed by atoms with van der Waals surface area (Å²) in [6.07, 6.45) is 0.697. The van der Waals surface area contributed by atoms with E-state index in [9.17, 15) is 19.1 Å². The number of rotatable bonds is 4. The number of hydrogen-bond acceptors (Lipinski definition) is 5. The zero-order chi connectivity index (χ0) is 23.1. The maximum absolute atomic E-state index is 13.5. The highest BCUT2D eigenvalue weighted by Gasteiger charge is 2.47. The van der Waals surface area contributed by atoms with Crippen molar-refractivity contribution in [1.82, 2.24) is 0 Å². The van der Waals surface area contributed by atoms with Gasteiger partial charge in [-0.15, -0.1) is 0 Å². The highest BCUT2D eigenvalue weighted by atomic mass is 19.1. The molecule has 2 heterocycles. The van der Waals surface area contributed by atoms with E-state index in [-0.39, 0.29) is 11.3 Å². The normalized spacial score (nSPS) is 18.8. The van der Waals surface area contributed by atoms with Gasteiger partial charge < -0.3 is 14.6 Å². The number of hydrogen-bond donors (Lipinski definition) is 1.